The molecule has 3 aliphatic rings. The van der Waals surface area contributed by atoms with Gasteiger partial charge in [-0.2, -0.15) is 0 Å². The quantitative estimate of drug-likeness (QED) is 0.265. The number of nitrogens with one attached hydrogen (secondary N) is 1. The zero-order valence-corrected chi connectivity index (χ0v) is 15.4. The van der Waals surface area contributed by atoms with Crippen molar-refractivity contribution in [3.05, 3.63) is 0 Å². The van der Waals surface area contributed by atoms with Gasteiger partial charge in [-0.3, -0.25) is 4.79 Å². The zero-order chi connectivity index (χ0) is 20.6. The molecule has 12 nitrogen and oxygen atoms in total. The van der Waals surface area contributed by atoms with Crippen LogP contribution in [0.4, 0.5) is 0 Å². The molecule has 0 aromatic carbocycles. The number of nitrogens with zero attached hydrogens (tertiary/aromatic N) is 1. The topological polar surface area (TPSA) is 180 Å². The molecule has 2 fully saturated rings. The molecule has 3 heterocycles. The van der Waals surface area contributed by atoms with Crippen molar-refractivity contribution in [2.24, 2.45) is 4.99 Å². The maximum atomic E-state index is 11.5. The van der Waals surface area contributed by atoms with Crippen LogP contribution in [0.5, 0.6) is 0 Å². The van der Waals surface area contributed by atoms with Crippen LogP contribution >= 0.6 is 0 Å². The van der Waals surface area contributed by atoms with E-state index in [0.29, 0.717) is 5.90 Å². The number of hydrogen-bond donors (Lipinski definition) is 6. The second-order valence-electron chi connectivity index (χ2n) is 7.01. The average Bonchev–Trinajstić information content (AvgIpc) is 3.03. The Labute approximate surface area is 160 Å². The molecule has 28 heavy (non-hydrogen) atoms. The summed E-state index contributed by atoms with van der Waals surface area (Å²) in [5.74, 6) is -0.199. The molecule has 0 aromatic rings. The number of amides is 1. The van der Waals surface area contributed by atoms with E-state index in [1.165, 1.54) is 6.92 Å². The Hall–Kier alpha value is -1.38. The van der Waals surface area contributed by atoms with Crippen LogP contribution in [-0.2, 0) is 23.7 Å². The van der Waals surface area contributed by atoms with Crippen molar-refractivity contribution in [3.8, 4) is 0 Å². The fraction of sp³-hybridized carbons (Fsp3) is 0.875. The Morgan fingerprint density at radius 1 is 1.11 bits per heavy atom. The van der Waals surface area contributed by atoms with Crippen molar-refractivity contribution >= 4 is 11.8 Å². The number of rotatable bonds is 5. The fourth-order valence-electron chi connectivity index (χ4n) is 3.61. The van der Waals surface area contributed by atoms with Crippen LogP contribution in [0.15, 0.2) is 4.99 Å². The van der Waals surface area contributed by atoms with E-state index in [9.17, 15) is 30.3 Å². The summed E-state index contributed by atoms with van der Waals surface area (Å²) in [6.45, 7) is 1.68. The fourth-order valence-corrected chi connectivity index (χ4v) is 3.61. The zero-order valence-electron chi connectivity index (χ0n) is 15.4. The second kappa shape index (κ2) is 8.55. The molecule has 1 amide bonds. The highest BCUT2D eigenvalue weighted by molar-refractivity contribution is 5.75. The summed E-state index contributed by atoms with van der Waals surface area (Å²) < 4.78 is 22.2. The van der Waals surface area contributed by atoms with Gasteiger partial charge in [0.25, 0.3) is 0 Å². The number of carbonyl (C=O) groups excluding carboxylic acids is 1. The summed E-state index contributed by atoms with van der Waals surface area (Å²) in [6, 6.07) is -1.98. The maximum Gasteiger partial charge on any atom is 0.227 e. The van der Waals surface area contributed by atoms with Gasteiger partial charge in [-0.15, -0.1) is 0 Å². The second-order valence-corrected chi connectivity index (χ2v) is 7.01. The minimum atomic E-state index is -1.50. The Morgan fingerprint density at radius 3 is 2.39 bits per heavy atom. The standard InChI is InChI=1S/C16H26N2O10/c1-5(21)17-9-12(23)11(22)7(3-19)26-16(9)28-14-8(4-20)27-15-10(13(14)24)18-6(2)25-15/h7-16,19-20,22-24H,3-4H2,1-2H3,(H,17,21)/t7-,8-,9-,10-,11-,12-,13-,14-,15+,16+/m1/s1. The highest BCUT2D eigenvalue weighted by Crippen LogP contribution is 2.32. The van der Waals surface area contributed by atoms with Gasteiger partial charge in [-0.25, -0.2) is 4.99 Å². The lowest BCUT2D eigenvalue weighted by Gasteiger charge is -2.46. The third-order valence-corrected chi connectivity index (χ3v) is 4.98. The number of carbonyl (C=O) groups is 1. The Morgan fingerprint density at radius 2 is 1.79 bits per heavy atom. The van der Waals surface area contributed by atoms with Crippen LogP contribution in [0.25, 0.3) is 0 Å². The smallest absolute Gasteiger partial charge is 0.227 e. The lowest BCUT2D eigenvalue weighted by molar-refractivity contribution is -0.322. The van der Waals surface area contributed by atoms with E-state index in [1.54, 1.807) is 6.92 Å². The van der Waals surface area contributed by atoms with Crippen LogP contribution in [0, 0.1) is 0 Å². The van der Waals surface area contributed by atoms with Crippen molar-refractivity contribution in [2.45, 2.75) is 75.1 Å². The monoisotopic (exact) mass is 406 g/mol. The predicted octanol–water partition coefficient (Wildman–Crippen LogP) is -3.79. The molecule has 0 saturated carbocycles. The van der Waals surface area contributed by atoms with Crippen molar-refractivity contribution in [1.29, 1.82) is 0 Å². The number of aliphatic hydroxyl groups excluding tert-OH is 5. The lowest BCUT2D eigenvalue weighted by Crippen LogP contribution is -2.67. The number of aliphatic imine (C=N–C) groups is 1. The summed E-state index contributed by atoms with van der Waals surface area (Å²) in [7, 11) is 0. The third kappa shape index (κ3) is 4.00. The van der Waals surface area contributed by atoms with Gasteiger partial charge >= 0.3 is 0 Å². The Bertz CT molecular complexity index is 604. The number of ether oxygens (including phenoxy) is 4. The van der Waals surface area contributed by atoms with Crippen LogP contribution in [0.1, 0.15) is 13.8 Å². The Balaban J connectivity index is 1.81. The maximum absolute atomic E-state index is 11.5. The van der Waals surface area contributed by atoms with Crippen LogP contribution in [0.3, 0.4) is 0 Å². The molecule has 12 heteroatoms. The van der Waals surface area contributed by atoms with Gasteiger partial charge in [-0.05, 0) is 0 Å². The van der Waals surface area contributed by atoms with Gasteiger partial charge < -0.3 is 49.8 Å². The van der Waals surface area contributed by atoms with Crippen LogP contribution in [0.2, 0.25) is 0 Å². The van der Waals surface area contributed by atoms with Crippen molar-refractivity contribution in [3.63, 3.8) is 0 Å². The molecule has 0 aliphatic carbocycles. The summed E-state index contributed by atoms with van der Waals surface area (Å²) in [5, 5.41) is 52.6. The molecule has 0 bridgehead atoms. The predicted molar refractivity (Wildman–Crippen MR) is 90.0 cm³/mol. The highest BCUT2D eigenvalue weighted by Gasteiger charge is 2.53. The summed E-state index contributed by atoms with van der Waals surface area (Å²) in [4.78, 5) is 15.7. The summed E-state index contributed by atoms with van der Waals surface area (Å²) >= 11 is 0. The van der Waals surface area contributed by atoms with Crippen molar-refractivity contribution in [1.82, 2.24) is 5.32 Å². The summed E-state index contributed by atoms with van der Waals surface area (Å²) in [6.07, 6.45) is -9.76. The Kier molecular flexibility index (Phi) is 6.51. The van der Waals surface area contributed by atoms with E-state index >= 15 is 0 Å². The SMILES string of the molecule is CC(=O)N[C@H]1[C@H](O[C@H]2[C@H](O)[C@H]3N=C(C)O[C@H]3O[C@@H]2CO)O[C@H](CO)[C@@H](O)[C@@H]1O. The molecular weight excluding hydrogens is 380 g/mol. The van der Waals surface area contributed by atoms with Gasteiger partial charge in [0.15, 0.2) is 12.2 Å². The lowest BCUT2D eigenvalue weighted by atomic mass is 9.95. The molecule has 0 spiro atoms. The van der Waals surface area contributed by atoms with E-state index in [0.717, 1.165) is 0 Å². The number of hydrogen-bond acceptors (Lipinski definition) is 11. The first kappa shape index (κ1) is 21.3. The highest BCUT2D eigenvalue weighted by atomic mass is 16.7. The van der Waals surface area contributed by atoms with Gasteiger partial charge in [0, 0.05) is 13.8 Å². The van der Waals surface area contributed by atoms with E-state index in [-0.39, 0.29) is 0 Å². The van der Waals surface area contributed by atoms with Crippen molar-refractivity contribution < 1.29 is 49.3 Å². The van der Waals surface area contributed by atoms with Crippen LogP contribution < -0.4 is 5.32 Å². The van der Waals surface area contributed by atoms with Gasteiger partial charge in [-0.1, -0.05) is 0 Å². The molecule has 0 unspecified atom stereocenters. The molecule has 160 valence electrons. The number of aliphatic hydroxyl groups is 5. The minimum Gasteiger partial charge on any atom is -0.450 e. The van der Waals surface area contributed by atoms with Crippen molar-refractivity contribution in [2.75, 3.05) is 13.2 Å². The van der Waals surface area contributed by atoms with E-state index in [2.05, 4.69) is 10.3 Å². The summed E-state index contributed by atoms with van der Waals surface area (Å²) in [5.41, 5.74) is 0. The van der Waals surface area contributed by atoms with E-state index in [1.807, 2.05) is 0 Å². The van der Waals surface area contributed by atoms with Crippen LogP contribution in [-0.4, -0.2) is 112 Å². The number of fused-ring (bicyclic) bond motifs is 1. The first-order chi connectivity index (χ1) is 13.3. The van der Waals surface area contributed by atoms with Gasteiger partial charge in [0.1, 0.15) is 48.7 Å². The largest absolute Gasteiger partial charge is 0.450 e. The van der Waals surface area contributed by atoms with Gasteiger partial charge in [0.2, 0.25) is 12.2 Å². The first-order valence-corrected chi connectivity index (χ1v) is 8.97. The van der Waals surface area contributed by atoms with Gasteiger partial charge in [0.05, 0.1) is 13.2 Å². The molecule has 6 N–H and O–H groups in total. The minimum absolute atomic E-state index is 0.315. The van der Waals surface area contributed by atoms with E-state index < -0.39 is 80.4 Å². The molecular formula is C16H26N2O10. The van der Waals surface area contributed by atoms with E-state index in [4.69, 9.17) is 18.9 Å². The molecule has 2 saturated heterocycles. The third-order valence-electron chi connectivity index (χ3n) is 4.98. The molecule has 0 aromatic heterocycles. The molecule has 10 atom stereocenters. The normalized spacial score (nSPS) is 45.8. The molecule has 3 aliphatic heterocycles. The average molecular weight is 406 g/mol. The molecule has 3 rings (SSSR count). The molecule has 0 radical (unpaired) electrons. The first-order valence-electron chi connectivity index (χ1n) is 8.97.